The summed E-state index contributed by atoms with van der Waals surface area (Å²) >= 11 is 0. The van der Waals surface area contributed by atoms with Crippen LogP contribution in [-0.4, -0.2) is 23.5 Å². The molecular weight excluding hydrogens is 266 g/mol. The zero-order valence-electron chi connectivity index (χ0n) is 11.7. The van der Waals surface area contributed by atoms with Gasteiger partial charge in [0.2, 0.25) is 0 Å². The van der Waals surface area contributed by atoms with Crippen LogP contribution < -0.4 is 10.6 Å². The van der Waals surface area contributed by atoms with Crippen LogP contribution in [0.4, 0.5) is 5.69 Å². The van der Waals surface area contributed by atoms with E-state index in [2.05, 4.69) is 5.16 Å². The fourth-order valence-electron chi connectivity index (χ4n) is 2.08. The van der Waals surface area contributed by atoms with Crippen molar-refractivity contribution in [2.24, 2.45) is 10.9 Å². The van der Waals surface area contributed by atoms with Gasteiger partial charge in [-0.05, 0) is 31.2 Å². The molecular formula is C16H17N3O2. The van der Waals surface area contributed by atoms with Gasteiger partial charge in [-0.25, -0.2) is 0 Å². The highest BCUT2D eigenvalue weighted by atomic mass is 16.4. The highest BCUT2D eigenvalue weighted by molar-refractivity contribution is 6.08. The molecule has 2 aromatic carbocycles. The molecule has 0 saturated carbocycles. The van der Waals surface area contributed by atoms with E-state index >= 15 is 0 Å². The van der Waals surface area contributed by atoms with Crippen LogP contribution >= 0.6 is 0 Å². The number of nitrogens with two attached hydrogens (primary N) is 1. The Morgan fingerprint density at radius 2 is 1.81 bits per heavy atom. The third-order valence-electron chi connectivity index (χ3n) is 3.14. The van der Waals surface area contributed by atoms with Gasteiger partial charge in [-0.2, -0.15) is 0 Å². The van der Waals surface area contributed by atoms with Crippen molar-refractivity contribution in [3.8, 4) is 0 Å². The van der Waals surface area contributed by atoms with Gasteiger partial charge in [0.15, 0.2) is 5.84 Å². The van der Waals surface area contributed by atoms with E-state index in [1.165, 1.54) is 0 Å². The maximum absolute atomic E-state index is 12.6. The minimum absolute atomic E-state index is 0.0209. The molecule has 3 N–H and O–H groups in total. The summed E-state index contributed by atoms with van der Waals surface area (Å²) in [4.78, 5) is 14.3. The second kappa shape index (κ2) is 6.56. The minimum atomic E-state index is -0.128. The lowest BCUT2D eigenvalue weighted by atomic mass is 10.1. The molecule has 108 valence electrons. The highest BCUT2D eigenvalue weighted by Crippen LogP contribution is 2.17. The lowest BCUT2D eigenvalue weighted by Gasteiger charge is -2.21. The third-order valence-corrected chi connectivity index (χ3v) is 3.14. The van der Waals surface area contributed by atoms with Crippen molar-refractivity contribution in [3.05, 3.63) is 65.7 Å². The molecule has 0 aliphatic carbocycles. The molecule has 0 atom stereocenters. The van der Waals surface area contributed by atoms with Crippen LogP contribution in [-0.2, 0) is 0 Å². The zero-order valence-corrected chi connectivity index (χ0v) is 11.7. The van der Waals surface area contributed by atoms with E-state index in [0.717, 1.165) is 5.69 Å². The first-order valence-corrected chi connectivity index (χ1v) is 6.62. The van der Waals surface area contributed by atoms with E-state index in [1.807, 2.05) is 37.3 Å². The summed E-state index contributed by atoms with van der Waals surface area (Å²) in [6.45, 7) is 2.47. The Hall–Kier alpha value is -2.82. The standard InChI is InChI=1S/C16H17N3O2/c1-2-19(14-9-4-3-5-10-14)16(20)13-8-6-7-12(11-13)15(17)18-21/h3-11,21H,2H2,1H3,(H2,17,18). The maximum Gasteiger partial charge on any atom is 0.258 e. The Morgan fingerprint density at radius 1 is 1.14 bits per heavy atom. The van der Waals surface area contributed by atoms with Crippen LogP contribution in [0.25, 0.3) is 0 Å². The monoisotopic (exact) mass is 283 g/mol. The van der Waals surface area contributed by atoms with E-state index in [9.17, 15) is 4.79 Å². The number of carbonyl (C=O) groups is 1. The van der Waals surface area contributed by atoms with Gasteiger partial charge in [0.1, 0.15) is 0 Å². The van der Waals surface area contributed by atoms with Crippen molar-refractivity contribution in [1.29, 1.82) is 0 Å². The van der Waals surface area contributed by atoms with Crippen molar-refractivity contribution in [3.63, 3.8) is 0 Å². The van der Waals surface area contributed by atoms with Crippen LogP contribution in [0, 0.1) is 0 Å². The average molecular weight is 283 g/mol. The SMILES string of the molecule is CCN(C(=O)c1cccc(/C(N)=N/O)c1)c1ccccc1. The fraction of sp³-hybridized carbons (Fsp3) is 0.125. The van der Waals surface area contributed by atoms with E-state index in [0.29, 0.717) is 17.7 Å². The van der Waals surface area contributed by atoms with Gasteiger partial charge in [-0.3, -0.25) is 4.79 Å². The van der Waals surface area contributed by atoms with Crippen molar-refractivity contribution in [1.82, 2.24) is 0 Å². The van der Waals surface area contributed by atoms with Gasteiger partial charge in [0, 0.05) is 23.4 Å². The number of benzene rings is 2. The van der Waals surface area contributed by atoms with E-state index in [1.54, 1.807) is 29.2 Å². The number of oxime groups is 1. The van der Waals surface area contributed by atoms with Crippen LogP contribution in [0.15, 0.2) is 59.8 Å². The molecule has 21 heavy (non-hydrogen) atoms. The number of para-hydroxylation sites is 1. The number of hydrogen-bond acceptors (Lipinski definition) is 3. The summed E-state index contributed by atoms with van der Waals surface area (Å²) in [5.74, 6) is -0.149. The van der Waals surface area contributed by atoms with Crippen LogP contribution in [0.1, 0.15) is 22.8 Å². The van der Waals surface area contributed by atoms with Gasteiger partial charge >= 0.3 is 0 Å². The molecule has 0 aromatic heterocycles. The predicted octanol–water partition coefficient (Wildman–Crippen LogP) is 2.45. The number of rotatable bonds is 4. The van der Waals surface area contributed by atoms with Crippen molar-refractivity contribution < 1.29 is 10.0 Å². The molecule has 0 heterocycles. The lowest BCUT2D eigenvalue weighted by molar-refractivity contribution is 0.0988. The molecule has 0 fully saturated rings. The van der Waals surface area contributed by atoms with Gasteiger partial charge in [0.25, 0.3) is 5.91 Å². The summed E-state index contributed by atoms with van der Waals surface area (Å²) in [5, 5.41) is 11.7. The Balaban J connectivity index is 2.35. The largest absolute Gasteiger partial charge is 0.409 e. The second-order valence-corrected chi connectivity index (χ2v) is 4.45. The predicted molar refractivity (Wildman–Crippen MR) is 82.7 cm³/mol. The molecule has 0 saturated heterocycles. The summed E-state index contributed by atoms with van der Waals surface area (Å²) in [6, 6.07) is 16.2. The number of carbonyl (C=O) groups excluding carboxylic acids is 1. The molecule has 0 spiro atoms. The molecule has 2 rings (SSSR count). The number of amidine groups is 1. The molecule has 0 radical (unpaired) electrons. The topological polar surface area (TPSA) is 78.9 Å². The summed E-state index contributed by atoms with van der Waals surface area (Å²) in [5.41, 5.74) is 7.39. The quantitative estimate of drug-likeness (QED) is 0.391. The molecule has 0 unspecified atom stereocenters. The Bertz CT molecular complexity index is 654. The smallest absolute Gasteiger partial charge is 0.258 e. The Labute approximate surface area is 123 Å². The normalized spacial score (nSPS) is 11.2. The third kappa shape index (κ3) is 3.20. The van der Waals surface area contributed by atoms with E-state index in [-0.39, 0.29) is 11.7 Å². The first-order chi connectivity index (χ1) is 10.2. The summed E-state index contributed by atoms with van der Waals surface area (Å²) < 4.78 is 0. The van der Waals surface area contributed by atoms with Crippen LogP contribution in [0.2, 0.25) is 0 Å². The number of anilines is 1. The minimum Gasteiger partial charge on any atom is -0.409 e. The lowest BCUT2D eigenvalue weighted by Crippen LogP contribution is -2.30. The summed E-state index contributed by atoms with van der Waals surface area (Å²) in [6.07, 6.45) is 0. The number of nitrogens with zero attached hydrogens (tertiary/aromatic N) is 2. The molecule has 0 aliphatic heterocycles. The van der Waals surface area contributed by atoms with Gasteiger partial charge < -0.3 is 15.8 Å². The van der Waals surface area contributed by atoms with E-state index < -0.39 is 0 Å². The van der Waals surface area contributed by atoms with Gasteiger partial charge in [-0.1, -0.05) is 35.5 Å². The Kier molecular flexibility index (Phi) is 4.56. The molecule has 1 amide bonds. The van der Waals surface area contributed by atoms with Gasteiger partial charge in [0.05, 0.1) is 0 Å². The second-order valence-electron chi connectivity index (χ2n) is 4.45. The maximum atomic E-state index is 12.6. The number of hydrogen-bond donors (Lipinski definition) is 2. The van der Waals surface area contributed by atoms with Crippen molar-refractivity contribution in [2.75, 3.05) is 11.4 Å². The highest BCUT2D eigenvalue weighted by Gasteiger charge is 2.16. The first kappa shape index (κ1) is 14.6. The average Bonchev–Trinajstić information content (AvgIpc) is 2.55. The number of amides is 1. The molecule has 5 heteroatoms. The molecule has 2 aromatic rings. The van der Waals surface area contributed by atoms with Crippen molar-refractivity contribution in [2.45, 2.75) is 6.92 Å². The van der Waals surface area contributed by atoms with E-state index in [4.69, 9.17) is 10.9 Å². The van der Waals surface area contributed by atoms with Gasteiger partial charge in [-0.15, -0.1) is 0 Å². The molecule has 5 nitrogen and oxygen atoms in total. The first-order valence-electron chi connectivity index (χ1n) is 6.62. The van der Waals surface area contributed by atoms with Crippen LogP contribution in [0.3, 0.4) is 0 Å². The van der Waals surface area contributed by atoms with Crippen LogP contribution in [0.5, 0.6) is 0 Å². The Morgan fingerprint density at radius 3 is 2.43 bits per heavy atom. The molecule has 0 aliphatic rings. The van der Waals surface area contributed by atoms with Crippen molar-refractivity contribution >= 4 is 17.4 Å². The zero-order chi connectivity index (χ0) is 15.2. The molecule has 0 bridgehead atoms. The fourth-order valence-corrected chi connectivity index (χ4v) is 2.08. The summed E-state index contributed by atoms with van der Waals surface area (Å²) in [7, 11) is 0.